The van der Waals surface area contributed by atoms with Gasteiger partial charge in [-0.1, -0.05) is 32.0 Å². The van der Waals surface area contributed by atoms with Crippen LogP contribution in [0.2, 0.25) is 0 Å². The number of aliphatic hydroxyl groups is 1. The minimum Gasteiger partial charge on any atom is -0.493 e. The van der Waals surface area contributed by atoms with Crippen LogP contribution in [0.3, 0.4) is 0 Å². The van der Waals surface area contributed by atoms with E-state index in [4.69, 9.17) is 4.74 Å². The standard InChI is InChI=1S/C16H22O2S/c1-15(2)9-16(17,11-19-10-15)13-7-3-5-12-6-4-8-18-14(12)13/h3,5,7,17H,4,6,8-11H2,1-2H3. The van der Waals surface area contributed by atoms with E-state index in [1.807, 2.05) is 17.8 Å². The molecule has 2 heterocycles. The van der Waals surface area contributed by atoms with Crippen molar-refractivity contribution in [2.24, 2.45) is 5.41 Å². The van der Waals surface area contributed by atoms with E-state index in [0.717, 1.165) is 48.7 Å². The second-order valence-corrected chi connectivity index (χ2v) is 7.60. The first kappa shape index (κ1) is 13.3. The first-order chi connectivity index (χ1) is 9.00. The number of aryl methyl sites for hydroxylation is 1. The van der Waals surface area contributed by atoms with Gasteiger partial charge in [-0.15, -0.1) is 0 Å². The fraction of sp³-hybridized carbons (Fsp3) is 0.625. The molecule has 2 aliphatic rings. The van der Waals surface area contributed by atoms with Crippen LogP contribution in [0.1, 0.15) is 37.8 Å². The average Bonchev–Trinajstić information content (AvgIpc) is 2.36. The molecule has 1 unspecified atom stereocenters. The summed E-state index contributed by atoms with van der Waals surface area (Å²) in [4.78, 5) is 0. The molecular weight excluding hydrogens is 256 g/mol. The summed E-state index contributed by atoms with van der Waals surface area (Å²) >= 11 is 1.85. The van der Waals surface area contributed by atoms with Gasteiger partial charge in [0.1, 0.15) is 11.4 Å². The van der Waals surface area contributed by atoms with Crippen molar-refractivity contribution in [3.8, 4) is 5.75 Å². The van der Waals surface area contributed by atoms with Crippen LogP contribution in [-0.2, 0) is 12.0 Å². The largest absolute Gasteiger partial charge is 0.493 e. The summed E-state index contributed by atoms with van der Waals surface area (Å²) in [6.07, 6.45) is 2.96. The third kappa shape index (κ3) is 2.50. The Kier molecular flexibility index (Phi) is 3.30. The van der Waals surface area contributed by atoms with Crippen molar-refractivity contribution in [3.05, 3.63) is 29.3 Å². The molecule has 1 fully saturated rings. The molecule has 1 saturated heterocycles. The molecule has 1 aromatic carbocycles. The van der Waals surface area contributed by atoms with Gasteiger partial charge in [0.15, 0.2) is 0 Å². The summed E-state index contributed by atoms with van der Waals surface area (Å²) in [5.74, 6) is 2.84. The summed E-state index contributed by atoms with van der Waals surface area (Å²) < 4.78 is 5.87. The van der Waals surface area contributed by atoms with E-state index in [2.05, 4.69) is 26.0 Å². The summed E-state index contributed by atoms with van der Waals surface area (Å²) in [6.45, 7) is 5.25. The maximum absolute atomic E-state index is 11.1. The van der Waals surface area contributed by atoms with Crippen molar-refractivity contribution in [2.45, 2.75) is 38.7 Å². The zero-order valence-corrected chi connectivity index (χ0v) is 12.6. The quantitative estimate of drug-likeness (QED) is 0.854. The minimum atomic E-state index is -0.741. The molecule has 1 aromatic rings. The predicted octanol–water partition coefficient (Wildman–Crippen LogP) is 3.36. The maximum Gasteiger partial charge on any atom is 0.128 e. The maximum atomic E-state index is 11.1. The van der Waals surface area contributed by atoms with E-state index in [9.17, 15) is 5.11 Å². The lowest BCUT2D eigenvalue weighted by molar-refractivity contribution is 0.0127. The smallest absolute Gasteiger partial charge is 0.128 e. The van der Waals surface area contributed by atoms with Crippen molar-refractivity contribution in [3.63, 3.8) is 0 Å². The van der Waals surface area contributed by atoms with Crippen molar-refractivity contribution in [1.29, 1.82) is 0 Å². The van der Waals surface area contributed by atoms with Crippen LogP contribution in [0, 0.1) is 5.41 Å². The molecule has 19 heavy (non-hydrogen) atoms. The third-order valence-electron chi connectivity index (χ3n) is 4.04. The van der Waals surface area contributed by atoms with Gasteiger partial charge in [-0.3, -0.25) is 0 Å². The summed E-state index contributed by atoms with van der Waals surface area (Å²) in [5, 5.41) is 11.1. The average molecular weight is 278 g/mol. The predicted molar refractivity (Wildman–Crippen MR) is 79.9 cm³/mol. The van der Waals surface area contributed by atoms with Gasteiger partial charge in [0, 0.05) is 11.3 Å². The molecule has 0 aliphatic carbocycles. The molecule has 0 amide bonds. The highest BCUT2D eigenvalue weighted by atomic mass is 32.2. The van der Waals surface area contributed by atoms with Crippen LogP contribution < -0.4 is 4.74 Å². The molecule has 0 aromatic heterocycles. The molecule has 3 heteroatoms. The van der Waals surface area contributed by atoms with Gasteiger partial charge in [-0.25, -0.2) is 0 Å². The van der Waals surface area contributed by atoms with Crippen LogP contribution in [0.15, 0.2) is 18.2 Å². The highest BCUT2D eigenvalue weighted by Crippen LogP contribution is 2.47. The van der Waals surface area contributed by atoms with E-state index in [-0.39, 0.29) is 5.41 Å². The van der Waals surface area contributed by atoms with E-state index >= 15 is 0 Å². The number of ether oxygens (including phenoxy) is 1. The van der Waals surface area contributed by atoms with E-state index in [0.29, 0.717) is 0 Å². The summed E-state index contributed by atoms with van der Waals surface area (Å²) in [7, 11) is 0. The lowest BCUT2D eigenvalue weighted by atomic mass is 9.77. The van der Waals surface area contributed by atoms with Crippen LogP contribution in [0.25, 0.3) is 0 Å². The van der Waals surface area contributed by atoms with E-state index in [1.165, 1.54) is 5.56 Å². The molecule has 0 bridgehead atoms. The van der Waals surface area contributed by atoms with Crippen molar-refractivity contribution in [2.75, 3.05) is 18.1 Å². The Hall–Kier alpha value is -0.670. The van der Waals surface area contributed by atoms with Crippen LogP contribution in [0.5, 0.6) is 5.75 Å². The molecule has 2 nitrogen and oxygen atoms in total. The van der Waals surface area contributed by atoms with Crippen molar-refractivity contribution in [1.82, 2.24) is 0 Å². The molecule has 104 valence electrons. The fourth-order valence-corrected chi connectivity index (χ4v) is 4.67. The second kappa shape index (κ2) is 4.71. The topological polar surface area (TPSA) is 29.5 Å². The molecule has 0 radical (unpaired) electrons. The van der Waals surface area contributed by atoms with Gasteiger partial charge >= 0.3 is 0 Å². The molecule has 0 spiro atoms. The Morgan fingerprint density at radius 2 is 2.11 bits per heavy atom. The number of rotatable bonds is 1. The number of fused-ring (bicyclic) bond motifs is 1. The first-order valence-electron chi connectivity index (χ1n) is 7.06. The summed E-state index contributed by atoms with van der Waals surface area (Å²) in [5.41, 5.74) is 1.69. The minimum absolute atomic E-state index is 0.176. The van der Waals surface area contributed by atoms with Gasteiger partial charge in [0.05, 0.1) is 6.61 Å². The molecular formula is C16H22O2S. The monoisotopic (exact) mass is 278 g/mol. The molecule has 0 saturated carbocycles. The Bertz CT molecular complexity index is 484. The van der Waals surface area contributed by atoms with Crippen molar-refractivity contribution >= 4 is 11.8 Å². The number of thioether (sulfide) groups is 1. The Morgan fingerprint density at radius 1 is 1.26 bits per heavy atom. The molecule has 3 rings (SSSR count). The SMILES string of the molecule is CC1(C)CSCC(O)(c2cccc3c2OCCC3)C1. The number of hydrogen-bond acceptors (Lipinski definition) is 3. The van der Waals surface area contributed by atoms with Crippen LogP contribution in [0.4, 0.5) is 0 Å². The number of hydrogen-bond donors (Lipinski definition) is 1. The van der Waals surface area contributed by atoms with Gasteiger partial charge in [0.2, 0.25) is 0 Å². The second-order valence-electron chi connectivity index (χ2n) is 6.61. The normalized spacial score (nSPS) is 29.4. The summed E-state index contributed by atoms with van der Waals surface area (Å²) in [6, 6.07) is 6.24. The zero-order valence-electron chi connectivity index (χ0n) is 11.7. The number of benzene rings is 1. The molecule has 1 N–H and O–H groups in total. The first-order valence-corrected chi connectivity index (χ1v) is 8.21. The number of para-hydroxylation sites is 1. The Labute approximate surface area is 119 Å². The van der Waals surface area contributed by atoms with Gasteiger partial charge < -0.3 is 9.84 Å². The Morgan fingerprint density at radius 3 is 2.89 bits per heavy atom. The highest BCUT2D eigenvalue weighted by Gasteiger charge is 2.42. The zero-order chi connectivity index (χ0) is 13.5. The van der Waals surface area contributed by atoms with E-state index < -0.39 is 5.60 Å². The highest BCUT2D eigenvalue weighted by molar-refractivity contribution is 7.99. The molecule has 1 atom stereocenters. The fourth-order valence-electron chi connectivity index (χ4n) is 3.32. The van der Waals surface area contributed by atoms with Crippen molar-refractivity contribution < 1.29 is 9.84 Å². The lowest BCUT2D eigenvalue weighted by Crippen LogP contribution is -2.40. The van der Waals surface area contributed by atoms with E-state index in [1.54, 1.807) is 0 Å². The molecule has 2 aliphatic heterocycles. The van der Waals surface area contributed by atoms with Crippen LogP contribution >= 0.6 is 11.8 Å². The Balaban J connectivity index is 2.01. The van der Waals surface area contributed by atoms with Crippen LogP contribution in [-0.4, -0.2) is 23.2 Å². The van der Waals surface area contributed by atoms with Gasteiger partial charge in [-0.2, -0.15) is 11.8 Å². The van der Waals surface area contributed by atoms with Gasteiger partial charge in [0.25, 0.3) is 0 Å². The van der Waals surface area contributed by atoms with Gasteiger partial charge in [-0.05, 0) is 36.0 Å². The lowest BCUT2D eigenvalue weighted by Gasteiger charge is -2.42. The third-order valence-corrected chi connectivity index (χ3v) is 5.71.